The Bertz CT molecular complexity index is 1180. The van der Waals surface area contributed by atoms with Crippen LogP contribution in [0.5, 0.6) is 0 Å². The Kier molecular flexibility index (Phi) is 5.65. The second kappa shape index (κ2) is 8.38. The Morgan fingerprint density at radius 3 is 2.67 bits per heavy atom. The van der Waals surface area contributed by atoms with Gasteiger partial charge < -0.3 is 5.32 Å². The lowest BCUT2D eigenvalue weighted by Gasteiger charge is -2.15. The van der Waals surface area contributed by atoms with Gasteiger partial charge in [0.15, 0.2) is 0 Å². The van der Waals surface area contributed by atoms with Crippen molar-refractivity contribution < 1.29 is 13.2 Å². The first kappa shape index (κ1) is 20.3. The van der Waals surface area contributed by atoms with Crippen molar-refractivity contribution in [2.75, 3.05) is 0 Å². The van der Waals surface area contributed by atoms with Crippen LogP contribution in [0.3, 0.4) is 0 Å². The van der Waals surface area contributed by atoms with Crippen LogP contribution in [-0.2, 0) is 23.0 Å². The zero-order valence-corrected chi connectivity index (χ0v) is 17.4. The van der Waals surface area contributed by atoms with E-state index in [1.165, 1.54) is 0 Å². The maximum atomic E-state index is 12.8. The molecule has 1 unspecified atom stereocenters. The van der Waals surface area contributed by atoms with Crippen LogP contribution in [-0.4, -0.2) is 19.3 Å². The van der Waals surface area contributed by atoms with Gasteiger partial charge in [0.05, 0.1) is 23.2 Å². The summed E-state index contributed by atoms with van der Waals surface area (Å²) in [7, 11) is -3.70. The molecular formula is C23H23N3O3S. The summed E-state index contributed by atoms with van der Waals surface area (Å²) < 4.78 is 28.3. The Morgan fingerprint density at radius 2 is 1.90 bits per heavy atom. The van der Waals surface area contributed by atoms with Gasteiger partial charge in [0.25, 0.3) is 5.91 Å². The highest BCUT2D eigenvalue weighted by atomic mass is 32.2. The molecule has 154 valence electrons. The van der Waals surface area contributed by atoms with Crippen molar-refractivity contribution in [1.82, 2.24) is 15.0 Å². The summed E-state index contributed by atoms with van der Waals surface area (Å²) in [5.41, 5.74) is 4.12. The van der Waals surface area contributed by atoms with Gasteiger partial charge in [-0.2, -0.15) is 0 Å². The number of sulfonamides is 1. The monoisotopic (exact) mass is 421 g/mol. The number of nitrogens with one attached hydrogen (secondary N) is 2. The van der Waals surface area contributed by atoms with E-state index in [4.69, 9.17) is 0 Å². The van der Waals surface area contributed by atoms with E-state index in [1.807, 2.05) is 43.3 Å². The quantitative estimate of drug-likeness (QED) is 0.639. The summed E-state index contributed by atoms with van der Waals surface area (Å²) in [6, 6.07) is 17.6. The summed E-state index contributed by atoms with van der Waals surface area (Å²) in [6.45, 7) is 2.02. The molecule has 1 atom stereocenters. The first-order chi connectivity index (χ1) is 14.4. The molecule has 0 fully saturated rings. The molecule has 0 bridgehead atoms. The van der Waals surface area contributed by atoms with Gasteiger partial charge in [-0.25, -0.2) is 13.1 Å². The predicted octanol–water partition coefficient (Wildman–Crippen LogP) is 3.29. The Balaban J connectivity index is 1.52. The molecule has 1 aliphatic carbocycles. The number of pyridine rings is 1. The molecule has 1 aromatic heterocycles. The Labute approximate surface area is 176 Å². The van der Waals surface area contributed by atoms with Crippen molar-refractivity contribution in [3.8, 4) is 0 Å². The summed E-state index contributed by atoms with van der Waals surface area (Å²) in [5.74, 6) is -0.162. The summed E-state index contributed by atoms with van der Waals surface area (Å²) in [5, 5.41) is 3.03. The van der Waals surface area contributed by atoms with Gasteiger partial charge in [0.2, 0.25) is 10.0 Å². The largest absolute Gasteiger partial charge is 0.345 e. The van der Waals surface area contributed by atoms with E-state index >= 15 is 0 Å². The van der Waals surface area contributed by atoms with Crippen LogP contribution in [0.15, 0.2) is 71.8 Å². The van der Waals surface area contributed by atoms with Gasteiger partial charge in [-0.15, -0.1) is 0 Å². The van der Waals surface area contributed by atoms with Crippen molar-refractivity contribution in [2.24, 2.45) is 0 Å². The standard InChI is InChI=1S/C23H23N3O3S/c1-16-6-5-13-24-22(16)15-25-30(28,29)19-11-9-17-10-12-21(20(17)14-19)26-23(27)18-7-3-2-4-8-18/h2-9,11,13-14,21,25H,10,12,15H2,1H3,(H,26,27). The minimum absolute atomic E-state index is 0.125. The molecule has 2 aromatic carbocycles. The number of rotatable bonds is 6. The predicted molar refractivity (Wildman–Crippen MR) is 114 cm³/mol. The number of carbonyl (C=O) groups is 1. The van der Waals surface area contributed by atoms with Crippen molar-refractivity contribution in [2.45, 2.75) is 37.2 Å². The van der Waals surface area contributed by atoms with Crippen molar-refractivity contribution in [3.05, 3.63) is 94.8 Å². The molecule has 0 saturated carbocycles. The highest BCUT2D eigenvalue weighted by Gasteiger charge is 2.26. The minimum Gasteiger partial charge on any atom is -0.345 e. The maximum Gasteiger partial charge on any atom is 0.251 e. The minimum atomic E-state index is -3.70. The van der Waals surface area contributed by atoms with Crippen molar-refractivity contribution in [1.29, 1.82) is 0 Å². The summed E-state index contributed by atoms with van der Waals surface area (Å²) >= 11 is 0. The van der Waals surface area contributed by atoms with Gasteiger partial charge in [-0.3, -0.25) is 9.78 Å². The number of carbonyl (C=O) groups excluding carboxylic acids is 1. The molecule has 30 heavy (non-hydrogen) atoms. The maximum absolute atomic E-state index is 12.8. The zero-order chi connectivity index (χ0) is 21.1. The number of hydrogen-bond acceptors (Lipinski definition) is 4. The van der Waals surface area contributed by atoms with E-state index in [2.05, 4.69) is 15.0 Å². The zero-order valence-electron chi connectivity index (χ0n) is 16.6. The number of aromatic nitrogens is 1. The third-order valence-corrected chi connectivity index (χ3v) is 6.79. The van der Waals surface area contributed by atoms with E-state index in [-0.39, 0.29) is 23.4 Å². The van der Waals surface area contributed by atoms with E-state index in [0.29, 0.717) is 11.3 Å². The number of hydrogen-bond donors (Lipinski definition) is 2. The molecule has 2 N–H and O–H groups in total. The van der Waals surface area contributed by atoms with Gasteiger partial charge >= 0.3 is 0 Å². The molecule has 1 heterocycles. The Hall–Kier alpha value is -3.03. The molecule has 0 spiro atoms. The van der Waals surface area contributed by atoms with Crippen LogP contribution in [0, 0.1) is 6.92 Å². The number of nitrogens with zero attached hydrogens (tertiary/aromatic N) is 1. The lowest BCUT2D eigenvalue weighted by Crippen LogP contribution is -2.27. The summed E-state index contributed by atoms with van der Waals surface area (Å²) in [4.78, 5) is 17.0. The van der Waals surface area contributed by atoms with Crippen LogP contribution >= 0.6 is 0 Å². The van der Waals surface area contributed by atoms with Gasteiger partial charge in [-0.1, -0.05) is 30.3 Å². The van der Waals surface area contributed by atoms with E-state index < -0.39 is 10.0 Å². The molecule has 6 nitrogen and oxygen atoms in total. The molecular weight excluding hydrogens is 398 g/mol. The molecule has 3 aromatic rings. The third-order valence-electron chi connectivity index (χ3n) is 5.39. The molecule has 7 heteroatoms. The number of amides is 1. The first-order valence-electron chi connectivity index (χ1n) is 9.83. The molecule has 0 saturated heterocycles. The van der Waals surface area contributed by atoms with E-state index in [1.54, 1.807) is 30.5 Å². The fraction of sp³-hybridized carbons (Fsp3) is 0.217. The fourth-order valence-electron chi connectivity index (χ4n) is 3.68. The van der Waals surface area contributed by atoms with Crippen LogP contribution in [0.25, 0.3) is 0 Å². The second-order valence-electron chi connectivity index (χ2n) is 7.38. The van der Waals surface area contributed by atoms with Gasteiger partial charge in [-0.05, 0) is 66.8 Å². The van der Waals surface area contributed by atoms with Crippen LogP contribution in [0.2, 0.25) is 0 Å². The number of benzene rings is 2. The smallest absolute Gasteiger partial charge is 0.251 e. The van der Waals surface area contributed by atoms with Crippen LogP contribution < -0.4 is 10.0 Å². The third kappa shape index (κ3) is 4.27. The molecule has 1 amide bonds. The normalized spacial score (nSPS) is 15.6. The average molecular weight is 422 g/mol. The van der Waals surface area contributed by atoms with E-state index in [9.17, 15) is 13.2 Å². The molecule has 0 radical (unpaired) electrons. The lowest BCUT2D eigenvalue weighted by molar-refractivity contribution is 0.0936. The second-order valence-corrected chi connectivity index (χ2v) is 9.15. The topological polar surface area (TPSA) is 88.2 Å². The van der Waals surface area contributed by atoms with Gasteiger partial charge in [0.1, 0.15) is 0 Å². The first-order valence-corrected chi connectivity index (χ1v) is 11.3. The SMILES string of the molecule is Cc1cccnc1CNS(=O)(=O)c1ccc2c(c1)C(NC(=O)c1ccccc1)CC2. The van der Waals surface area contributed by atoms with Crippen LogP contribution in [0.1, 0.15) is 45.2 Å². The average Bonchev–Trinajstić information content (AvgIpc) is 3.16. The Morgan fingerprint density at radius 1 is 1.10 bits per heavy atom. The number of aryl methyl sites for hydroxylation is 2. The van der Waals surface area contributed by atoms with Crippen molar-refractivity contribution >= 4 is 15.9 Å². The fourth-order valence-corrected chi connectivity index (χ4v) is 4.70. The highest BCUT2D eigenvalue weighted by Crippen LogP contribution is 2.33. The molecule has 1 aliphatic rings. The van der Waals surface area contributed by atoms with Crippen LogP contribution in [0.4, 0.5) is 0 Å². The number of fused-ring (bicyclic) bond motifs is 1. The van der Waals surface area contributed by atoms with Crippen molar-refractivity contribution in [3.63, 3.8) is 0 Å². The highest BCUT2D eigenvalue weighted by molar-refractivity contribution is 7.89. The summed E-state index contributed by atoms with van der Waals surface area (Å²) in [6.07, 6.45) is 3.19. The lowest BCUT2D eigenvalue weighted by atomic mass is 10.1. The molecule has 0 aliphatic heterocycles. The van der Waals surface area contributed by atoms with E-state index in [0.717, 1.165) is 29.5 Å². The van der Waals surface area contributed by atoms with Gasteiger partial charge in [0, 0.05) is 11.8 Å². The molecule has 4 rings (SSSR count).